The van der Waals surface area contributed by atoms with Crippen LogP contribution in [0.5, 0.6) is 5.75 Å². The molecule has 1 aromatic heterocycles. The van der Waals surface area contributed by atoms with Gasteiger partial charge in [-0.2, -0.15) is 0 Å². The summed E-state index contributed by atoms with van der Waals surface area (Å²) in [6.07, 6.45) is 0. The Morgan fingerprint density at radius 1 is 0.897 bits per heavy atom. The number of hydrogen-bond donors (Lipinski definition) is 2. The van der Waals surface area contributed by atoms with Gasteiger partial charge in [0.1, 0.15) is 17.1 Å². The number of amides is 2. The molecule has 6 nitrogen and oxygen atoms in total. The summed E-state index contributed by atoms with van der Waals surface area (Å²) in [6.45, 7) is 4.28. The highest BCUT2D eigenvalue weighted by atomic mass is 16.5. The monoisotopic (exact) mass is 389 g/mol. The molecule has 29 heavy (non-hydrogen) atoms. The molecule has 0 saturated heterocycles. The SMILES string of the molecule is COc1ccc(CNC(=O)c2cccc(C(=O)Nc3cccc(C)c3C)n2)cc1. The van der Waals surface area contributed by atoms with Crippen LogP contribution in [0.3, 0.4) is 0 Å². The van der Waals surface area contributed by atoms with Crippen LogP contribution in [0.25, 0.3) is 0 Å². The molecular formula is C23H23N3O3. The lowest BCUT2D eigenvalue weighted by molar-refractivity contribution is 0.0945. The van der Waals surface area contributed by atoms with E-state index in [4.69, 9.17) is 4.74 Å². The summed E-state index contributed by atoms with van der Waals surface area (Å²) in [6, 6.07) is 17.9. The molecule has 0 aliphatic carbocycles. The summed E-state index contributed by atoms with van der Waals surface area (Å²) in [5.41, 5.74) is 4.11. The van der Waals surface area contributed by atoms with E-state index in [0.717, 1.165) is 28.1 Å². The second-order valence-corrected chi connectivity index (χ2v) is 6.64. The normalized spacial score (nSPS) is 10.3. The molecule has 0 fully saturated rings. The minimum atomic E-state index is -0.358. The quantitative estimate of drug-likeness (QED) is 0.670. The Morgan fingerprint density at radius 2 is 1.55 bits per heavy atom. The first-order chi connectivity index (χ1) is 14.0. The number of carbonyl (C=O) groups excluding carboxylic acids is 2. The molecule has 1 heterocycles. The van der Waals surface area contributed by atoms with Gasteiger partial charge in [-0.25, -0.2) is 4.98 Å². The summed E-state index contributed by atoms with van der Waals surface area (Å²) >= 11 is 0. The zero-order valence-electron chi connectivity index (χ0n) is 16.7. The van der Waals surface area contributed by atoms with Crippen molar-refractivity contribution in [3.63, 3.8) is 0 Å². The van der Waals surface area contributed by atoms with Crippen LogP contribution in [0.4, 0.5) is 5.69 Å². The third-order valence-corrected chi connectivity index (χ3v) is 4.68. The third kappa shape index (κ3) is 4.99. The maximum Gasteiger partial charge on any atom is 0.274 e. The van der Waals surface area contributed by atoms with Crippen molar-refractivity contribution in [1.29, 1.82) is 0 Å². The van der Waals surface area contributed by atoms with Gasteiger partial charge in [-0.15, -0.1) is 0 Å². The molecule has 0 saturated carbocycles. The van der Waals surface area contributed by atoms with Crippen LogP contribution < -0.4 is 15.4 Å². The molecule has 0 bridgehead atoms. The molecule has 2 aromatic carbocycles. The van der Waals surface area contributed by atoms with Crippen LogP contribution in [0, 0.1) is 13.8 Å². The predicted molar refractivity (Wildman–Crippen MR) is 112 cm³/mol. The van der Waals surface area contributed by atoms with Gasteiger partial charge < -0.3 is 15.4 Å². The summed E-state index contributed by atoms with van der Waals surface area (Å²) in [4.78, 5) is 29.2. The van der Waals surface area contributed by atoms with E-state index >= 15 is 0 Å². The molecule has 0 aliphatic heterocycles. The van der Waals surface area contributed by atoms with E-state index in [9.17, 15) is 9.59 Å². The number of aromatic nitrogens is 1. The molecule has 6 heteroatoms. The third-order valence-electron chi connectivity index (χ3n) is 4.68. The second kappa shape index (κ2) is 9.01. The Hall–Kier alpha value is -3.67. The number of nitrogens with zero attached hydrogens (tertiary/aromatic N) is 1. The van der Waals surface area contributed by atoms with Crippen LogP contribution in [0.15, 0.2) is 60.7 Å². The fourth-order valence-corrected chi connectivity index (χ4v) is 2.78. The molecule has 0 atom stereocenters. The molecule has 2 amide bonds. The number of methoxy groups -OCH3 is 1. The van der Waals surface area contributed by atoms with Gasteiger partial charge in [-0.3, -0.25) is 9.59 Å². The number of benzene rings is 2. The number of anilines is 1. The maximum absolute atomic E-state index is 12.6. The molecule has 0 unspecified atom stereocenters. The van der Waals surface area contributed by atoms with Crippen molar-refractivity contribution in [2.24, 2.45) is 0 Å². The smallest absolute Gasteiger partial charge is 0.274 e. The first kappa shape index (κ1) is 20.1. The van der Waals surface area contributed by atoms with Crippen LogP contribution in [0.2, 0.25) is 0 Å². The number of aryl methyl sites for hydroxylation is 1. The van der Waals surface area contributed by atoms with Gasteiger partial charge >= 0.3 is 0 Å². The van der Waals surface area contributed by atoms with Gasteiger partial charge in [-0.1, -0.05) is 30.3 Å². The van der Waals surface area contributed by atoms with Crippen LogP contribution >= 0.6 is 0 Å². The van der Waals surface area contributed by atoms with Gasteiger partial charge in [-0.05, 0) is 60.9 Å². The lowest BCUT2D eigenvalue weighted by Crippen LogP contribution is -2.25. The minimum Gasteiger partial charge on any atom is -0.497 e. The first-order valence-electron chi connectivity index (χ1n) is 9.23. The largest absolute Gasteiger partial charge is 0.497 e. The van der Waals surface area contributed by atoms with Gasteiger partial charge in [0.2, 0.25) is 0 Å². The van der Waals surface area contributed by atoms with Crippen molar-refractivity contribution in [3.8, 4) is 5.75 Å². The summed E-state index contributed by atoms with van der Waals surface area (Å²) in [5, 5.41) is 5.67. The number of ether oxygens (including phenoxy) is 1. The summed E-state index contributed by atoms with van der Waals surface area (Å²) in [5.74, 6) is 0.0509. The van der Waals surface area contributed by atoms with Crippen LogP contribution in [0.1, 0.15) is 37.7 Å². The topological polar surface area (TPSA) is 80.3 Å². The van der Waals surface area contributed by atoms with Crippen molar-refractivity contribution in [2.75, 3.05) is 12.4 Å². The van der Waals surface area contributed by atoms with Crippen molar-refractivity contribution < 1.29 is 14.3 Å². The van der Waals surface area contributed by atoms with E-state index in [0.29, 0.717) is 6.54 Å². The predicted octanol–water partition coefficient (Wildman–Crippen LogP) is 3.89. The van der Waals surface area contributed by atoms with Crippen LogP contribution in [-0.4, -0.2) is 23.9 Å². The average molecular weight is 389 g/mol. The summed E-state index contributed by atoms with van der Waals surface area (Å²) < 4.78 is 5.12. The number of hydrogen-bond acceptors (Lipinski definition) is 4. The molecular weight excluding hydrogens is 366 g/mol. The Morgan fingerprint density at radius 3 is 2.24 bits per heavy atom. The van der Waals surface area contributed by atoms with Crippen molar-refractivity contribution in [1.82, 2.24) is 10.3 Å². The first-order valence-corrected chi connectivity index (χ1v) is 9.23. The molecule has 3 aromatic rings. The highest BCUT2D eigenvalue weighted by Gasteiger charge is 2.13. The molecule has 0 aliphatic rings. The Balaban J connectivity index is 1.66. The number of nitrogens with one attached hydrogen (secondary N) is 2. The molecule has 3 rings (SSSR count). The van der Waals surface area contributed by atoms with Gasteiger partial charge in [0.15, 0.2) is 0 Å². The Labute approximate surface area is 169 Å². The summed E-state index contributed by atoms with van der Waals surface area (Å²) in [7, 11) is 1.60. The standard InChI is InChI=1S/C23H23N3O3/c1-15-6-4-7-19(16(15)2)26-23(28)21-9-5-8-20(25-21)22(27)24-14-17-10-12-18(29-3)13-11-17/h4-13H,14H2,1-3H3,(H,24,27)(H,26,28). The fourth-order valence-electron chi connectivity index (χ4n) is 2.78. The minimum absolute atomic E-state index is 0.183. The van der Waals surface area contributed by atoms with E-state index in [2.05, 4.69) is 15.6 Å². The Bertz CT molecular complexity index is 1030. The zero-order valence-corrected chi connectivity index (χ0v) is 16.7. The average Bonchev–Trinajstić information content (AvgIpc) is 2.75. The van der Waals surface area contributed by atoms with Crippen molar-refractivity contribution in [3.05, 3.63) is 88.7 Å². The van der Waals surface area contributed by atoms with E-state index in [1.807, 2.05) is 56.3 Å². The van der Waals surface area contributed by atoms with Gasteiger partial charge in [0.25, 0.3) is 11.8 Å². The van der Waals surface area contributed by atoms with Crippen LogP contribution in [-0.2, 0) is 6.54 Å². The Kier molecular flexibility index (Phi) is 6.24. The van der Waals surface area contributed by atoms with E-state index < -0.39 is 0 Å². The van der Waals surface area contributed by atoms with Gasteiger partial charge in [0, 0.05) is 12.2 Å². The highest BCUT2D eigenvalue weighted by Crippen LogP contribution is 2.18. The lowest BCUT2D eigenvalue weighted by Gasteiger charge is -2.11. The van der Waals surface area contributed by atoms with Crippen molar-refractivity contribution in [2.45, 2.75) is 20.4 Å². The maximum atomic E-state index is 12.6. The van der Waals surface area contributed by atoms with Crippen molar-refractivity contribution >= 4 is 17.5 Å². The molecule has 0 radical (unpaired) electrons. The van der Waals surface area contributed by atoms with E-state index in [-0.39, 0.29) is 23.2 Å². The molecule has 148 valence electrons. The highest BCUT2D eigenvalue weighted by molar-refractivity contribution is 6.04. The van der Waals surface area contributed by atoms with E-state index in [1.54, 1.807) is 25.3 Å². The van der Waals surface area contributed by atoms with Gasteiger partial charge in [0.05, 0.1) is 7.11 Å². The number of pyridine rings is 1. The fraction of sp³-hybridized carbons (Fsp3) is 0.174. The molecule has 2 N–H and O–H groups in total. The van der Waals surface area contributed by atoms with E-state index in [1.165, 1.54) is 0 Å². The second-order valence-electron chi connectivity index (χ2n) is 6.64. The zero-order chi connectivity index (χ0) is 20.8. The number of rotatable bonds is 6. The molecule has 0 spiro atoms. The number of carbonyl (C=O) groups is 2. The lowest BCUT2D eigenvalue weighted by atomic mass is 10.1.